The van der Waals surface area contributed by atoms with Crippen LogP contribution in [0, 0.1) is 0 Å². The zero-order chi connectivity index (χ0) is 22.2. The molecule has 3 aromatic rings. The van der Waals surface area contributed by atoms with E-state index in [1.807, 2.05) is 55.5 Å². The molecule has 1 aliphatic rings. The lowest BCUT2D eigenvalue weighted by atomic mass is 10.1. The minimum atomic E-state index is -0.134. The van der Waals surface area contributed by atoms with Crippen LogP contribution in [-0.2, 0) is 11.3 Å². The minimum Gasteiger partial charge on any atom is -0.491 e. The Bertz CT molecular complexity index is 985. The van der Waals surface area contributed by atoms with Gasteiger partial charge in [0.15, 0.2) is 0 Å². The van der Waals surface area contributed by atoms with Gasteiger partial charge >= 0.3 is 0 Å². The highest BCUT2D eigenvalue weighted by Crippen LogP contribution is 2.20. The van der Waals surface area contributed by atoms with Gasteiger partial charge in [-0.15, -0.1) is 0 Å². The topological polar surface area (TPSA) is 69.7 Å². The SMILES string of the molecule is CC(NC(=O)c1ccc(OCC2CCCO2)cc1)c1ccc(OCc2cccnc2)cc1. The van der Waals surface area contributed by atoms with E-state index in [0.29, 0.717) is 18.8 Å². The molecule has 2 unspecified atom stereocenters. The summed E-state index contributed by atoms with van der Waals surface area (Å²) in [6, 6.07) is 18.7. The number of nitrogens with zero attached hydrogens (tertiary/aromatic N) is 1. The second-order valence-corrected chi connectivity index (χ2v) is 7.88. The van der Waals surface area contributed by atoms with E-state index in [1.165, 1.54) is 0 Å². The molecule has 4 rings (SSSR count). The second kappa shape index (κ2) is 10.8. The van der Waals surface area contributed by atoms with Crippen molar-refractivity contribution in [3.8, 4) is 11.5 Å². The Morgan fingerprint density at radius 1 is 1.09 bits per heavy atom. The summed E-state index contributed by atoms with van der Waals surface area (Å²) in [6.07, 6.45) is 5.82. The van der Waals surface area contributed by atoms with Gasteiger partial charge in [0.2, 0.25) is 0 Å². The fourth-order valence-corrected chi connectivity index (χ4v) is 3.53. The molecule has 1 N–H and O–H groups in total. The van der Waals surface area contributed by atoms with Crippen LogP contribution in [0.4, 0.5) is 0 Å². The average molecular weight is 433 g/mol. The number of hydrogen-bond donors (Lipinski definition) is 1. The summed E-state index contributed by atoms with van der Waals surface area (Å²) in [5.41, 5.74) is 2.61. The first-order valence-corrected chi connectivity index (χ1v) is 10.9. The number of hydrogen-bond acceptors (Lipinski definition) is 5. The number of aromatic nitrogens is 1. The number of rotatable bonds is 9. The summed E-state index contributed by atoms with van der Waals surface area (Å²) in [5.74, 6) is 1.39. The zero-order valence-electron chi connectivity index (χ0n) is 18.2. The molecule has 0 saturated carbocycles. The number of amides is 1. The normalized spacial score (nSPS) is 16.3. The lowest BCUT2D eigenvalue weighted by Gasteiger charge is -2.16. The van der Waals surface area contributed by atoms with Crippen molar-refractivity contribution in [1.29, 1.82) is 0 Å². The Kier molecular flexibility index (Phi) is 7.35. The van der Waals surface area contributed by atoms with E-state index in [-0.39, 0.29) is 18.1 Å². The lowest BCUT2D eigenvalue weighted by Crippen LogP contribution is -2.26. The van der Waals surface area contributed by atoms with Crippen LogP contribution in [-0.4, -0.2) is 30.2 Å². The van der Waals surface area contributed by atoms with E-state index >= 15 is 0 Å². The number of ether oxygens (including phenoxy) is 3. The van der Waals surface area contributed by atoms with Crippen LogP contribution in [0.3, 0.4) is 0 Å². The highest BCUT2D eigenvalue weighted by atomic mass is 16.5. The van der Waals surface area contributed by atoms with Crippen LogP contribution in [0.1, 0.15) is 47.3 Å². The van der Waals surface area contributed by atoms with Crippen LogP contribution >= 0.6 is 0 Å². The summed E-state index contributed by atoms with van der Waals surface area (Å²) in [7, 11) is 0. The van der Waals surface area contributed by atoms with Crippen LogP contribution in [0.5, 0.6) is 11.5 Å². The van der Waals surface area contributed by atoms with Crippen molar-refractivity contribution < 1.29 is 19.0 Å². The Labute approximate surface area is 188 Å². The third-order valence-electron chi connectivity index (χ3n) is 5.43. The molecule has 2 aromatic carbocycles. The van der Waals surface area contributed by atoms with Crippen molar-refractivity contribution in [2.75, 3.05) is 13.2 Å². The van der Waals surface area contributed by atoms with Gasteiger partial charge in [-0.25, -0.2) is 0 Å². The molecule has 0 aliphatic carbocycles. The fourth-order valence-electron chi connectivity index (χ4n) is 3.53. The quantitative estimate of drug-likeness (QED) is 0.530. The van der Waals surface area contributed by atoms with Gasteiger partial charge in [-0.1, -0.05) is 18.2 Å². The number of pyridine rings is 1. The molecule has 0 radical (unpaired) electrons. The standard InChI is InChI=1S/C26H28N2O4/c1-19(21-6-10-23(11-7-21)31-17-20-4-2-14-27-16-20)28-26(29)22-8-12-24(13-9-22)32-18-25-5-3-15-30-25/h2,4,6-14,16,19,25H,3,5,15,17-18H2,1H3,(H,28,29). The van der Waals surface area contributed by atoms with E-state index in [9.17, 15) is 4.79 Å². The van der Waals surface area contributed by atoms with Gasteiger partial charge in [-0.2, -0.15) is 0 Å². The van der Waals surface area contributed by atoms with E-state index in [1.54, 1.807) is 24.5 Å². The van der Waals surface area contributed by atoms with Crippen LogP contribution in [0.2, 0.25) is 0 Å². The fraction of sp³-hybridized carbons (Fsp3) is 0.308. The predicted molar refractivity (Wildman–Crippen MR) is 122 cm³/mol. The zero-order valence-corrected chi connectivity index (χ0v) is 18.2. The van der Waals surface area contributed by atoms with Crippen molar-refractivity contribution in [3.05, 3.63) is 89.7 Å². The molecule has 1 fully saturated rings. The largest absolute Gasteiger partial charge is 0.491 e. The van der Waals surface area contributed by atoms with Crippen LogP contribution < -0.4 is 14.8 Å². The molecule has 32 heavy (non-hydrogen) atoms. The molecular weight excluding hydrogens is 404 g/mol. The molecule has 1 saturated heterocycles. The monoisotopic (exact) mass is 432 g/mol. The van der Waals surface area contributed by atoms with Crippen molar-refractivity contribution >= 4 is 5.91 Å². The summed E-state index contributed by atoms with van der Waals surface area (Å²) < 4.78 is 17.1. The predicted octanol–water partition coefficient (Wildman–Crippen LogP) is 4.71. The molecule has 6 heteroatoms. The van der Waals surface area contributed by atoms with Gasteiger partial charge in [0, 0.05) is 30.1 Å². The Morgan fingerprint density at radius 2 is 1.84 bits per heavy atom. The van der Waals surface area contributed by atoms with E-state index in [2.05, 4.69) is 10.3 Å². The minimum absolute atomic E-state index is 0.125. The first kappa shape index (κ1) is 21.8. The Hall–Kier alpha value is -3.38. The molecule has 2 heterocycles. The highest BCUT2D eigenvalue weighted by Gasteiger charge is 2.16. The molecule has 1 aromatic heterocycles. The summed E-state index contributed by atoms with van der Waals surface area (Å²) in [5, 5.41) is 3.04. The van der Waals surface area contributed by atoms with Crippen molar-refractivity contribution in [2.24, 2.45) is 0 Å². The molecule has 0 bridgehead atoms. The molecule has 0 spiro atoms. The summed E-state index contributed by atoms with van der Waals surface area (Å²) in [6.45, 7) is 3.78. The molecule has 6 nitrogen and oxygen atoms in total. The third kappa shape index (κ3) is 6.08. The first-order valence-electron chi connectivity index (χ1n) is 10.9. The van der Waals surface area contributed by atoms with E-state index in [4.69, 9.17) is 14.2 Å². The van der Waals surface area contributed by atoms with Gasteiger partial charge < -0.3 is 19.5 Å². The first-order chi connectivity index (χ1) is 15.7. The maximum atomic E-state index is 12.6. The molecule has 1 amide bonds. The Balaban J connectivity index is 1.26. The van der Waals surface area contributed by atoms with Gasteiger partial charge in [-0.3, -0.25) is 9.78 Å². The highest BCUT2D eigenvalue weighted by molar-refractivity contribution is 5.94. The van der Waals surface area contributed by atoms with Crippen molar-refractivity contribution in [1.82, 2.24) is 10.3 Å². The number of carbonyl (C=O) groups is 1. The van der Waals surface area contributed by atoms with E-state index < -0.39 is 0 Å². The third-order valence-corrected chi connectivity index (χ3v) is 5.43. The summed E-state index contributed by atoms with van der Waals surface area (Å²) in [4.78, 5) is 16.7. The smallest absolute Gasteiger partial charge is 0.251 e. The molecular formula is C26H28N2O4. The average Bonchev–Trinajstić information content (AvgIpc) is 3.36. The maximum Gasteiger partial charge on any atom is 0.251 e. The van der Waals surface area contributed by atoms with Crippen LogP contribution in [0.15, 0.2) is 73.1 Å². The van der Waals surface area contributed by atoms with Crippen molar-refractivity contribution in [3.63, 3.8) is 0 Å². The van der Waals surface area contributed by atoms with Gasteiger partial charge in [0.25, 0.3) is 5.91 Å². The lowest BCUT2D eigenvalue weighted by molar-refractivity contribution is 0.0679. The number of benzene rings is 2. The van der Waals surface area contributed by atoms with Crippen molar-refractivity contribution in [2.45, 2.75) is 38.5 Å². The summed E-state index contributed by atoms with van der Waals surface area (Å²) >= 11 is 0. The van der Waals surface area contributed by atoms with Gasteiger partial charge in [0.1, 0.15) is 24.7 Å². The number of nitrogens with one attached hydrogen (secondary N) is 1. The molecule has 166 valence electrons. The van der Waals surface area contributed by atoms with Crippen LogP contribution in [0.25, 0.3) is 0 Å². The maximum absolute atomic E-state index is 12.6. The van der Waals surface area contributed by atoms with Gasteiger partial charge in [-0.05, 0) is 67.8 Å². The molecule has 1 aliphatic heterocycles. The van der Waals surface area contributed by atoms with Gasteiger partial charge in [0.05, 0.1) is 12.1 Å². The second-order valence-electron chi connectivity index (χ2n) is 7.88. The Morgan fingerprint density at radius 3 is 2.53 bits per heavy atom. The molecule has 2 atom stereocenters. The van der Waals surface area contributed by atoms with E-state index in [0.717, 1.165) is 42.1 Å². The number of carbonyl (C=O) groups excluding carboxylic acids is 1.